The van der Waals surface area contributed by atoms with E-state index in [2.05, 4.69) is 22.4 Å². The lowest BCUT2D eigenvalue weighted by atomic mass is 10.0. The van der Waals surface area contributed by atoms with E-state index in [4.69, 9.17) is 17.4 Å². The van der Waals surface area contributed by atoms with Crippen LogP contribution < -0.4 is 11.3 Å². The zero-order valence-electron chi connectivity index (χ0n) is 11.1. The highest BCUT2D eigenvalue weighted by atomic mass is 35.5. The van der Waals surface area contributed by atoms with Gasteiger partial charge >= 0.3 is 0 Å². The van der Waals surface area contributed by atoms with Crippen LogP contribution in [0, 0.1) is 6.92 Å². The minimum absolute atomic E-state index is 0.190. The number of nitrogens with one attached hydrogen (secondary N) is 1. The summed E-state index contributed by atoms with van der Waals surface area (Å²) < 4.78 is 1.90. The molecule has 0 aliphatic heterocycles. The zero-order chi connectivity index (χ0) is 13.8. The van der Waals surface area contributed by atoms with Crippen molar-refractivity contribution in [2.24, 2.45) is 5.84 Å². The fourth-order valence-corrected chi connectivity index (χ4v) is 2.42. The Bertz CT molecular complexity index is 552. The van der Waals surface area contributed by atoms with Crippen LogP contribution >= 0.6 is 11.6 Å². The maximum Gasteiger partial charge on any atom is 0.0897 e. The molecule has 0 aromatic carbocycles. The summed E-state index contributed by atoms with van der Waals surface area (Å²) in [4.78, 5) is 4.10. The molecule has 19 heavy (non-hydrogen) atoms. The number of pyridine rings is 1. The first-order chi connectivity index (χ1) is 9.19. The largest absolute Gasteiger partial charge is 0.271 e. The number of nitrogens with two attached hydrogens (primary N) is 1. The van der Waals surface area contributed by atoms with Gasteiger partial charge in [-0.2, -0.15) is 5.10 Å². The van der Waals surface area contributed by atoms with Crippen molar-refractivity contribution in [2.75, 3.05) is 0 Å². The SMILES string of the molecule is CCCn1ncc(Cl)c1C(NN)c1ccncc1C. The first kappa shape index (κ1) is 14.0. The van der Waals surface area contributed by atoms with E-state index in [1.165, 1.54) is 0 Å². The van der Waals surface area contributed by atoms with Gasteiger partial charge in [0.15, 0.2) is 0 Å². The molecule has 0 radical (unpaired) electrons. The van der Waals surface area contributed by atoms with E-state index in [9.17, 15) is 0 Å². The molecule has 0 aliphatic rings. The third kappa shape index (κ3) is 2.78. The van der Waals surface area contributed by atoms with E-state index in [0.717, 1.165) is 29.8 Å². The van der Waals surface area contributed by atoms with Crippen molar-refractivity contribution in [1.82, 2.24) is 20.2 Å². The van der Waals surface area contributed by atoms with Gasteiger partial charge in [0.25, 0.3) is 0 Å². The Kier molecular flexibility index (Phi) is 4.52. The van der Waals surface area contributed by atoms with Crippen LogP contribution in [0.4, 0.5) is 0 Å². The number of nitrogens with zero attached hydrogens (tertiary/aromatic N) is 3. The zero-order valence-corrected chi connectivity index (χ0v) is 11.9. The smallest absolute Gasteiger partial charge is 0.0897 e. The molecule has 0 spiro atoms. The second-order valence-corrected chi connectivity index (χ2v) is 4.84. The van der Waals surface area contributed by atoms with Gasteiger partial charge in [-0.05, 0) is 30.5 Å². The summed E-state index contributed by atoms with van der Waals surface area (Å²) in [5.41, 5.74) is 5.83. The first-order valence-electron chi connectivity index (χ1n) is 6.26. The third-order valence-corrected chi connectivity index (χ3v) is 3.37. The Morgan fingerprint density at radius 1 is 1.47 bits per heavy atom. The van der Waals surface area contributed by atoms with E-state index in [-0.39, 0.29) is 6.04 Å². The van der Waals surface area contributed by atoms with Crippen molar-refractivity contribution in [3.8, 4) is 0 Å². The Morgan fingerprint density at radius 2 is 2.26 bits per heavy atom. The van der Waals surface area contributed by atoms with Gasteiger partial charge in [0.1, 0.15) is 0 Å². The van der Waals surface area contributed by atoms with Crippen LogP contribution in [0.3, 0.4) is 0 Å². The van der Waals surface area contributed by atoms with Gasteiger partial charge in [0.2, 0.25) is 0 Å². The summed E-state index contributed by atoms with van der Waals surface area (Å²) in [6.07, 6.45) is 6.21. The molecule has 3 N–H and O–H groups in total. The Labute approximate surface area is 117 Å². The standard InChI is InChI=1S/C13H18ClN5/c1-3-6-19-13(11(14)8-17-19)12(18-15)10-4-5-16-7-9(10)2/h4-5,7-8,12,18H,3,6,15H2,1-2H3. The second kappa shape index (κ2) is 6.14. The van der Waals surface area contributed by atoms with Gasteiger partial charge in [-0.15, -0.1) is 0 Å². The lowest BCUT2D eigenvalue weighted by Crippen LogP contribution is -2.31. The lowest BCUT2D eigenvalue weighted by molar-refractivity contribution is 0.520. The van der Waals surface area contributed by atoms with Crippen LogP contribution in [-0.4, -0.2) is 14.8 Å². The van der Waals surface area contributed by atoms with Crippen LogP contribution in [0.5, 0.6) is 0 Å². The topological polar surface area (TPSA) is 68.8 Å². The summed E-state index contributed by atoms with van der Waals surface area (Å²) in [6.45, 7) is 4.91. The highest BCUT2D eigenvalue weighted by Crippen LogP contribution is 2.29. The molecule has 0 saturated carbocycles. The molecule has 0 saturated heterocycles. The lowest BCUT2D eigenvalue weighted by Gasteiger charge is -2.20. The quantitative estimate of drug-likeness (QED) is 0.650. The molecule has 102 valence electrons. The summed E-state index contributed by atoms with van der Waals surface area (Å²) in [5, 5.41) is 4.92. The van der Waals surface area contributed by atoms with E-state index in [1.807, 2.05) is 23.9 Å². The maximum atomic E-state index is 6.26. The predicted molar refractivity (Wildman–Crippen MR) is 75.7 cm³/mol. The molecule has 1 atom stereocenters. The second-order valence-electron chi connectivity index (χ2n) is 4.43. The van der Waals surface area contributed by atoms with Gasteiger partial charge in [0, 0.05) is 18.9 Å². The van der Waals surface area contributed by atoms with Crippen LogP contribution in [0.15, 0.2) is 24.7 Å². The number of halogens is 1. The Hall–Kier alpha value is -1.43. The summed E-state index contributed by atoms with van der Waals surface area (Å²) in [7, 11) is 0. The number of hydrazine groups is 1. The molecule has 0 bridgehead atoms. The van der Waals surface area contributed by atoms with E-state index < -0.39 is 0 Å². The Balaban J connectivity index is 2.48. The van der Waals surface area contributed by atoms with Crippen LogP contribution in [0.1, 0.15) is 36.2 Å². The van der Waals surface area contributed by atoms with Gasteiger partial charge in [-0.3, -0.25) is 15.5 Å². The van der Waals surface area contributed by atoms with Crippen molar-refractivity contribution in [3.05, 3.63) is 46.5 Å². The highest BCUT2D eigenvalue weighted by molar-refractivity contribution is 6.31. The maximum absolute atomic E-state index is 6.26. The average Bonchev–Trinajstić information content (AvgIpc) is 2.75. The van der Waals surface area contributed by atoms with Gasteiger partial charge in [0.05, 0.1) is 23.0 Å². The molecule has 2 rings (SSSR count). The van der Waals surface area contributed by atoms with E-state index in [1.54, 1.807) is 12.4 Å². The molecule has 0 amide bonds. The minimum Gasteiger partial charge on any atom is -0.271 e. The van der Waals surface area contributed by atoms with Crippen molar-refractivity contribution in [1.29, 1.82) is 0 Å². The fourth-order valence-electron chi connectivity index (χ4n) is 2.17. The molecule has 1 unspecified atom stereocenters. The molecule has 0 aliphatic carbocycles. The number of aryl methyl sites for hydroxylation is 2. The van der Waals surface area contributed by atoms with Crippen molar-refractivity contribution in [3.63, 3.8) is 0 Å². The first-order valence-corrected chi connectivity index (χ1v) is 6.64. The third-order valence-electron chi connectivity index (χ3n) is 3.08. The van der Waals surface area contributed by atoms with Gasteiger partial charge in [-0.1, -0.05) is 18.5 Å². The number of hydrogen-bond donors (Lipinski definition) is 2. The van der Waals surface area contributed by atoms with E-state index in [0.29, 0.717) is 5.02 Å². The van der Waals surface area contributed by atoms with Gasteiger partial charge in [-0.25, -0.2) is 5.43 Å². The molecule has 0 fully saturated rings. The monoisotopic (exact) mass is 279 g/mol. The van der Waals surface area contributed by atoms with Crippen LogP contribution in [-0.2, 0) is 6.54 Å². The highest BCUT2D eigenvalue weighted by Gasteiger charge is 2.22. The molecule has 2 aromatic heterocycles. The molecular weight excluding hydrogens is 262 g/mol. The summed E-state index contributed by atoms with van der Waals surface area (Å²) >= 11 is 6.26. The number of aromatic nitrogens is 3. The molecule has 6 heteroatoms. The number of rotatable bonds is 5. The fraction of sp³-hybridized carbons (Fsp3) is 0.385. The van der Waals surface area contributed by atoms with Crippen LogP contribution in [0.2, 0.25) is 5.02 Å². The van der Waals surface area contributed by atoms with Crippen molar-refractivity contribution < 1.29 is 0 Å². The van der Waals surface area contributed by atoms with Crippen LogP contribution in [0.25, 0.3) is 0 Å². The van der Waals surface area contributed by atoms with E-state index >= 15 is 0 Å². The predicted octanol–water partition coefficient (Wildman–Crippen LogP) is 2.20. The number of hydrogen-bond acceptors (Lipinski definition) is 4. The molecule has 2 aromatic rings. The molecule has 2 heterocycles. The van der Waals surface area contributed by atoms with Crippen molar-refractivity contribution >= 4 is 11.6 Å². The summed E-state index contributed by atoms with van der Waals surface area (Å²) in [5.74, 6) is 5.73. The average molecular weight is 280 g/mol. The summed E-state index contributed by atoms with van der Waals surface area (Å²) in [6, 6.07) is 1.75. The molecular formula is C13H18ClN5. The minimum atomic E-state index is -0.190. The van der Waals surface area contributed by atoms with Gasteiger partial charge < -0.3 is 0 Å². The Morgan fingerprint density at radius 3 is 2.89 bits per heavy atom. The normalized spacial score (nSPS) is 12.6. The molecule has 5 nitrogen and oxygen atoms in total. The van der Waals surface area contributed by atoms with Crippen molar-refractivity contribution in [2.45, 2.75) is 32.9 Å².